The van der Waals surface area contributed by atoms with E-state index in [1.807, 2.05) is 24.3 Å². The first-order chi connectivity index (χ1) is 11.8. The van der Waals surface area contributed by atoms with Gasteiger partial charge in [-0.2, -0.15) is 0 Å². The number of nitrogens with two attached hydrogens (primary N) is 1. The second-order valence-electron chi connectivity index (χ2n) is 6.05. The van der Waals surface area contributed by atoms with E-state index in [2.05, 4.69) is 10.2 Å². The quantitative estimate of drug-likeness (QED) is 0.611. The number of hydrogen-bond donors (Lipinski definition) is 1. The average molecular weight is 348 g/mol. The Morgan fingerprint density at radius 3 is 2.79 bits per heavy atom. The van der Waals surface area contributed by atoms with Crippen molar-refractivity contribution in [2.75, 3.05) is 18.7 Å². The average Bonchev–Trinajstić information content (AvgIpc) is 2.99. The van der Waals surface area contributed by atoms with Gasteiger partial charge in [0.05, 0.1) is 7.11 Å². The Bertz CT molecular complexity index is 656. The molecule has 0 saturated heterocycles. The van der Waals surface area contributed by atoms with Crippen molar-refractivity contribution in [1.82, 2.24) is 14.9 Å². The van der Waals surface area contributed by atoms with Crippen LogP contribution in [0.4, 0.5) is 0 Å². The molecule has 0 aliphatic heterocycles. The summed E-state index contributed by atoms with van der Waals surface area (Å²) in [5.74, 6) is 10.0. The molecule has 0 unspecified atom stereocenters. The number of benzene rings is 1. The summed E-state index contributed by atoms with van der Waals surface area (Å²) in [4.78, 5) is 0. The van der Waals surface area contributed by atoms with Crippen LogP contribution in [-0.4, -0.2) is 27.7 Å². The van der Waals surface area contributed by atoms with Gasteiger partial charge in [0.1, 0.15) is 18.1 Å². The zero-order valence-electron chi connectivity index (χ0n) is 14.0. The van der Waals surface area contributed by atoms with E-state index in [0.29, 0.717) is 11.6 Å². The van der Waals surface area contributed by atoms with Crippen molar-refractivity contribution in [2.24, 2.45) is 5.92 Å². The normalized spacial score (nSPS) is 15.4. The Morgan fingerprint density at radius 2 is 2.00 bits per heavy atom. The zero-order chi connectivity index (χ0) is 16.8. The second-order valence-corrected chi connectivity index (χ2v) is 7.04. The SMILES string of the molecule is COc1cccc(OCc2nnc(SCC3CCCCC3)n2N)c1. The van der Waals surface area contributed by atoms with Crippen molar-refractivity contribution < 1.29 is 9.47 Å². The standard InChI is InChI=1S/C17H24N4O2S/c1-22-14-8-5-9-15(10-14)23-11-16-19-20-17(21(16)18)24-12-13-6-3-2-4-7-13/h5,8-10,13H,2-4,6-7,11-12,18H2,1H3. The van der Waals surface area contributed by atoms with Crippen LogP contribution in [0.15, 0.2) is 29.4 Å². The lowest BCUT2D eigenvalue weighted by molar-refractivity contribution is 0.289. The minimum atomic E-state index is 0.278. The van der Waals surface area contributed by atoms with Crippen LogP contribution in [-0.2, 0) is 6.61 Å². The highest BCUT2D eigenvalue weighted by Gasteiger charge is 2.17. The van der Waals surface area contributed by atoms with Gasteiger partial charge in [-0.3, -0.25) is 0 Å². The first kappa shape index (κ1) is 17.0. The lowest BCUT2D eigenvalue weighted by atomic mass is 9.91. The topological polar surface area (TPSA) is 75.2 Å². The first-order valence-electron chi connectivity index (χ1n) is 8.35. The molecule has 1 saturated carbocycles. The molecule has 7 heteroatoms. The molecule has 1 aromatic carbocycles. The Balaban J connectivity index is 1.54. The maximum absolute atomic E-state index is 6.11. The molecule has 0 spiro atoms. The van der Waals surface area contributed by atoms with Gasteiger partial charge in [-0.05, 0) is 30.9 Å². The minimum Gasteiger partial charge on any atom is -0.497 e. The molecule has 1 fully saturated rings. The lowest BCUT2D eigenvalue weighted by Gasteiger charge is -2.20. The number of nitrogens with zero attached hydrogens (tertiary/aromatic N) is 3. The zero-order valence-corrected chi connectivity index (χ0v) is 14.8. The van der Waals surface area contributed by atoms with E-state index in [9.17, 15) is 0 Å². The molecular formula is C17H24N4O2S. The molecule has 2 aromatic rings. The molecule has 0 atom stereocenters. The third-order valence-corrected chi connectivity index (χ3v) is 5.49. The Hall–Kier alpha value is -1.89. The van der Waals surface area contributed by atoms with Gasteiger partial charge in [-0.1, -0.05) is 37.1 Å². The summed E-state index contributed by atoms with van der Waals surface area (Å²) >= 11 is 1.69. The van der Waals surface area contributed by atoms with Crippen LogP contribution in [0.25, 0.3) is 0 Å². The van der Waals surface area contributed by atoms with Crippen molar-refractivity contribution in [3.63, 3.8) is 0 Å². The number of methoxy groups -OCH3 is 1. The largest absolute Gasteiger partial charge is 0.497 e. The monoisotopic (exact) mass is 348 g/mol. The molecule has 130 valence electrons. The van der Waals surface area contributed by atoms with Gasteiger partial charge < -0.3 is 15.3 Å². The molecule has 1 heterocycles. The molecule has 1 aromatic heterocycles. The molecule has 24 heavy (non-hydrogen) atoms. The van der Waals surface area contributed by atoms with E-state index < -0.39 is 0 Å². The molecule has 6 nitrogen and oxygen atoms in total. The van der Waals surface area contributed by atoms with Gasteiger partial charge in [-0.25, -0.2) is 4.68 Å². The number of aromatic nitrogens is 3. The fraction of sp³-hybridized carbons (Fsp3) is 0.529. The van der Waals surface area contributed by atoms with Crippen LogP contribution in [0.2, 0.25) is 0 Å². The van der Waals surface area contributed by atoms with Crippen LogP contribution >= 0.6 is 11.8 Å². The van der Waals surface area contributed by atoms with Crippen molar-refractivity contribution in [3.05, 3.63) is 30.1 Å². The maximum atomic E-state index is 6.11. The van der Waals surface area contributed by atoms with Crippen LogP contribution in [0.1, 0.15) is 37.9 Å². The lowest BCUT2D eigenvalue weighted by Crippen LogP contribution is -2.16. The van der Waals surface area contributed by atoms with E-state index in [-0.39, 0.29) is 6.61 Å². The van der Waals surface area contributed by atoms with Crippen molar-refractivity contribution in [2.45, 2.75) is 43.9 Å². The number of nitrogen functional groups attached to an aromatic ring is 1. The summed E-state index contributed by atoms with van der Waals surface area (Å²) in [6, 6.07) is 7.46. The summed E-state index contributed by atoms with van der Waals surface area (Å²) in [6.45, 7) is 0.278. The van der Waals surface area contributed by atoms with E-state index in [1.54, 1.807) is 18.9 Å². The molecule has 1 aliphatic rings. The number of ether oxygens (including phenoxy) is 2. The van der Waals surface area contributed by atoms with E-state index in [0.717, 1.165) is 22.6 Å². The molecule has 0 bridgehead atoms. The molecule has 2 N–H and O–H groups in total. The van der Waals surface area contributed by atoms with Gasteiger partial charge in [-0.15, -0.1) is 10.2 Å². The van der Waals surface area contributed by atoms with E-state index >= 15 is 0 Å². The second kappa shape index (κ2) is 8.28. The van der Waals surface area contributed by atoms with E-state index in [1.165, 1.54) is 36.8 Å². The predicted molar refractivity (Wildman–Crippen MR) is 94.8 cm³/mol. The fourth-order valence-electron chi connectivity index (χ4n) is 2.89. The number of thioether (sulfide) groups is 1. The molecule has 1 aliphatic carbocycles. The molecular weight excluding hydrogens is 324 g/mol. The summed E-state index contributed by atoms with van der Waals surface area (Å²) in [6.07, 6.45) is 6.70. The summed E-state index contributed by atoms with van der Waals surface area (Å²) in [5, 5.41) is 9.09. The number of rotatable bonds is 7. The summed E-state index contributed by atoms with van der Waals surface area (Å²) in [7, 11) is 1.63. The molecule has 3 rings (SSSR count). The van der Waals surface area contributed by atoms with Gasteiger partial charge in [0, 0.05) is 11.8 Å². The van der Waals surface area contributed by atoms with E-state index in [4.69, 9.17) is 15.3 Å². The predicted octanol–water partition coefficient (Wildman–Crippen LogP) is 3.25. The minimum absolute atomic E-state index is 0.278. The van der Waals surface area contributed by atoms with Crippen LogP contribution in [0.5, 0.6) is 11.5 Å². The Labute approximate surface area is 146 Å². The highest BCUT2D eigenvalue weighted by Crippen LogP contribution is 2.29. The summed E-state index contributed by atoms with van der Waals surface area (Å²) < 4.78 is 12.4. The molecule has 0 radical (unpaired) electrons. The van der Waals surface area contributed by atoms with Gasteiger partial charge in [0.25, 0.3) is 0 Å². The smallest absolute Gasteiger partial charge is 0.209 e. The van der Waals surface area contributed by atoms with Gasteiger partial charge in [0.2, 0.25) is 5.16 Å². The van der Waals surface area contributed by atoms with Crippen molar-refractivity contribution in [3.8, 4) is 11.5 Å². The summed E-state index contributed by atoms with van der Waals surface area (Å²) in [5.41, 5.74) is 0. The van der Waals surface area contributed by atoms with Gasteiger partial charge >= 0.3 is 0 Å². The Kier molecular flexibility index (Phi) is 5.85. The fourth-order valence-corrected chi connectivity index (χ4v) is 3.95. The van der Waals surface area contributed by atoms with Gasteiger partial charge in [0.15, 0.2) is 5.82 Å². The van der Waals surface area contributed by atoms with Crippen molar-refractivity contribution >= 4 is 11.8 Å². The third-order valence-electron chi connectivity index (χ3n) is 4.32. The Morgan fingerprint density at radius 1 is 1.21 bits per heavy atom. The number of hydrogen-bond acceptors (Lipinski definition) is 6. The highest BCUT2D eigenvalue weighted by atomic mass is 32.2. The van der Waals surface area contributed by atoms with Crippen LogP contribution in [0, 0.1) is 5.92 Å². The highest BCUT2D eigenvalue weighted by molar-refractivity contribution is 7.99. The third kappa shape index (κ3) is 4.35. The van der Waals surface area contributed by atoms with Crippen LogP contribution in [0.3, 0.4) is 0 Å². The first-order valence-corrected chi connectivity index (χ1v) is 9.34. The molecule has 0 amide bonds. The van der Waals surface area contributed by atoms with Crippen molar-refractivity contribution in [1.29, 1.82) is 0 Å². The maximum Gasteiger partial charge on any atom is 0.209 e. The van der Waals surface area contributed by atoms with Crippen LogP contribution < -0.4 is 15.3 Å².